The van der Waals surface area contributed by atoms with E-state index in [2.05, 4.69) is 23.3 Å². The van der Waals surface area contributed by atoms with E-state index in [0.717, 1.165) is 24.2 Å². The van der Waals surface area contributed by atoms with Gasteiger partial charge in [-0.25, -0.2) is 0 Å². The Labute approximate surface area is 115 Å². The van der Waals surface area contributed by atoms with E-state index in [0.29, 0.717) is 6.10 Å². The highest BCUT2D eigenvalue weighted by Crippen LogP contribution is 2.30. The molecule has 4 heteroatoms. The van der Waals surface area contributed by atoms with Crippen molar-refractivity contribution in [2.45, 2.75) is 58.0 Å². The second-order valence-electron chi connectivity index (χ2n) is 5.45. The van der Waals surface area contributed by atoms with Gasteiger partial charge in [0.15, 0.2) is 0 Å². The molecule has 19 heavy (non-hydrogen) atoms. The summed E-state index contributed by atoms with van der Waals surface area (Å²) in [7, 11) is 1.97. The first kappa shape index (κ1) is 14.3. The van der Waals surface area contributed by atoms with Crippen molar-refractivity contribution in [3.8, 4) is 5.75 Å². The maximum absolute atomic E-state index is 5.96. The third-order valence-electron chi connectivity index (χ3n) is 3.41. The highest BCUT2D eigenvalue weighted by molar-refractivity contribution is 5.27. The van der Waals surface area contributed by atoms with Gasteiger partial charge in [-0.05, 0) is 52.3 Å². The van der Waals surface area contributed by atoms with Gasteiger partial charge in [-0.1, -0.05) is 0 Å². The molecule has 106 valence electrons. The van der Waals surface area contributed by atoms with E-state index in [9.17, 15) is 0 Å². The maximum Gasteiger partial charge on any atom is 0.138 e. The zero-order chi connectivity index (χ0) is 13.8. The minimum atomic E-state index is 0.160. The van der Waals surface area contributed by atoms with E-state index in [4.69, 9.17) is 9.47 Å². The van der Waals surface area contributed by atoms with Crippen LogP contribution in [0.5, 0.6) is 5.75 Å². The minimum Gasteiger partial charge on any atom is -0.489 e. The van der Waals surface area contributed by atoms with Crippen LogP contribution in [-0.4, -0.2) is 30.3 Å². The molecule has 1 aromatic rings. The van der Waals surface area contributed by atoms with Gasteiger partial charge in [0.2, 0.25) is 0 Å². The van der Waals surface area contributed by atoms with Crippen LogP contribution in [0.25, 0.3) is 0 Å². The molecular formula is C15H24N2O2. The molecule has 0 spiro atoms. The molecule has 0 amide bonds. The van der Waals surface area contributed by atoms with Crippen LogP contribution in [0.3, 0.4) is 0 Å². The van der Waals surface area contributed by atoms with Gasteiger partial charge < -0.3 is 14.8 Å². The smallest absolute Gasteiger partial charge is 0.138 e. The lowest BCUT2D eigenvalue weighted by atomic mass is 10.0. The molecule has 0 radical (unpaired) electrons. The fourth-order valence-corrected chi connectivity index (χ4v) is 2.59. The van der Waals surface area contributed by atoms with E-state index in [-0.39, 0.29) is 18.2 Å². The molecule has 1 aromatic heterocycles. The summed E-state index contributed by atoms with van der Waals surface area (Å²) < 4.78 is 11.7. The molecule has 0 aromatic carbocycles. The predicted octanol–water partition coefficient (Wildman–Crippen LogP) is 2.70. The monoisotopic (exact) mass is 264 g/mol. The van der Waals surface area contributed by atoms with Gasteiger partial charge in [0, 0.05) is 6.20 Å². The molecule has 3 unspecified atom stereocenters. The van der Waals surface area contributed by atoms with Gasteiger partial charge in [-0.2, -0.15) is 0 Å². The van der Waals surface area contributed by atoms with Gasteiger partial charge >= 0.3 is 0 Å². The molecule has 4 nitrogen and oxygen atoms in total. The largest absolute Gasteiger partial charge is 0.489 e. The molecule has 1 saturated heterocycles. The van der Waals surface area contributed by atoms with Crippen molar-refractivity contribution in [3.05, 3.63) is 24.0 Å². The Morgan fingerprint density at radius 1 is 1.37 bits per heavy atom. The van der Waals surface area contributed by atoms with Gasteiger partial charge in [0.1, 0.15) is 5.75 Å². The fraction of sp³-hybridized carbons (Fsp3) is 0.667. The molecule has 2 heterocycles. The third kappa shape index (κ3) is 3.67. The van der Waals surface area contributed by atoms with E-state index in [1.54, 1.807) is 6.20 Å². The Morgan fingerprint density at radius 3 is 2.74 bits per heavy atom. The zero-order valence-corrected chi connectivity index (χ0v) is 12.2. The number of ether oxygens (including phenoxy) is 2. The first-order chi connectivity index (χ1) is 9.10. The van der Waals surface area contributed by atoms with E-state index in [1.807, 2.05) is 27.1 Å². The number of pyridine rings is 1. The summed E-state index contributed by atoms with van der Waals surface area (Å²) >= 11 is 0. The zero-order valence-electron chi connectivity index (χ0n) is 12.2. The summed E-state index contributed by atoms with van der Waals surface area (Å²) in [5.41, 5.74) is 1.12. The van der Waals surface area contributed by atoms with E-state index >= 15 is 0 Å². The van der Waals surface area contributed by atoms with Crippen LogP contribution in [-0.2, 0) is 4.74 Å². The van der Waals surface area contributed by atoms with Crippen LogP contribution in [0, 0.1) is 0 Å². The molecule has 1 aliphatic heterocycles. The standard InChI is InChI=1S/C15H24N2O2/c1-10(2)18-13-7-12(8-17-9-13)15(16-4)14-6-5-11(3)19-14/h7-11,14-16H,5-6H2,1-4H3. The Hall–Kier alpha value is -1.13. The number of nitrogens with one attached hydrogen (secondary N) is 1. The molecule has 3 atom stereocenters. The van der Waals surface area contributed by atoms with Crippen LogP contribution in [0.1, 0.15) is 45.2 Å². The number of likely N-dealkylation sites (N-methyl/N-ethyl adjacent to an activating group) is 1. The van der Waals surface area contributed by atoms with Crippen LogP contribution in [0.4, 0.5) is 0 Å². The van der Waals surface area contributed by atoms with Crippen LogP contribution < -0.4 is 10.1 Å². The Bertz CT molecular complexity index is 409. The normalized spacial score (nSPS) is 24.7. The topological polar surface area (TPSA) is 43.4 Å². The van der Waals surface area contributed by atoms with Crippen molar-refractivity contribution >= 4 is 0 Å². The number of hydrogen-bond acceptors (Lipinski definition) is 4. The summed E-state index contributed by atoms with van der Waals surface area (Å²) in [5.74, 6) is 0.818. The molecule has 1 N–H and O–H groups in total. The lowest BCUT2D eigenvalue weighted by molar-refractivity contribution is 0.0332. The summed E-state index contributed by atoms with van der Waals surface area (Å²) in [4.78, 5) is 4.28. The Kier molecular flexibility index (Phi) is 4.77. The van der Waals surface area contributed by atoms with E-state index in [1.165, 1.54) is 0 Å². The predicted molar refractivity (Wildman–Crippen MR) is 75.4 cm³/mol. The molecule has 1 fully saturated rings. The second-order valence-corrected chi connectivity index (χ2v) is 5.45. The third-order valence-corrected chi connectivity index (χ3v) is 3.41. The van der Waals surface area contributed by atoms with Gasteiger partial charge in [-0.3, -0.25) is 4.98 Å². The number of rotatable bonds is 5. The van der Waals surface area contributed by atoms with Gasteiger partial charge in [0.25, 0.3) is 0 Å². The van der Waals surface area contributed by atoms with Crippen molar-refractivity contribution in [3.63, 3.8) is 0 Å². The highest BCUT2D eigenvalue weighted by Gasteiger charge is 2.30. The maximum atomic E-state index is 5.96. The van der Waals surface area contributed by atoms with Crippen molar-refractivity contribution < 1.29 is 9.47 Å². The molecule has 0 bridgehead atoms. The Balaban J connectivity index is 2.13. The summed E-state index contributed by atoms with van der Waals surface area (Å²) in [6, 6.07) is 2.23. The fourth-order valence-electron chi connectivity index (χ4n) is 2.59. The van der Waals surface area contributed by atoms with Crippen molar-refractivity contribution in [1.29, 1.82) is 0 Å². The van der Waals surface area contributed by atoms with E-state index < -0.39 is 0 Å². The first-order valence-electron chi connectivity index (χ1n) is 7.04. The lowest BCUT2D eigenvalue weighted by Crippen LogP contribution is -2.29. The number of hydrogen-bond donors (Lipinski definition) is 1. The second kappa shape index (κ2) is 6.35. The average molecular weight is 264 g/mol. The lowest BCUT2D eigenvalue weighted by Gasteiger charge is -2.24. The van der Waals surface area contributed by atoms with Crippen molar-refractivity contribution in [1.82, 2.24) is 10.3 Å². The van der Waals surface area contributed by atoms with Crippen LogP contribution in [0.15, 0.2) is 18.5 Å². The first-order valence-corrected chi connectivity index (χ1v) is 7.04. The highest BCUT2D eigenvalue weighted by atomic mass is 16.5. The quantitative estimate of drug-likeness (QED) is 0.888. The summed E-state index contributed by atoms with van der Waals surface area (Å²) in [5, 5.41) is 3.34. The van der Waals surface area contributed by atoms with Crippen LogP contribution >= 0.6 is 0 Å². The SMILES string of the molecule is CNC(c1cncc(OC(C)C)c1)C1CCC(C)O1. The molecular weight excluding hydrogens is 240 g/mol. The summed E-state index contributed by atoms with van der Waals surface area (Å²) in [6.07, 6.45) is 6.59. The molecule has 0 aliphatic carbocycles. The molecule has 0 saturated carbocycles. The molecule has 2 rings (SSSR count). The van der Waals surface area contributed by atoms with Crippen molar-refractivity contribution in [2.75, 3.05) is 7.05 Å². The minimum absolute atomic E-state index is 0.160. The Morgan fingerprint density at radius 2 is 2.16 bits per heavy atom. The van der Waals surface area contributed by atoms with Gasteiger partial charge in [0.05, 0.1) is 30.6 Å². The van der Waals surface area contributed by atoms with Crippen LogP contribution in [0.2, 0.25) is 0 Å². The summed E-state index contributed by atoms with van der Waals surface area (Å²) in [6.45, 7) is 6.16. The van der Waals surface area contributed by atoms with Crippen molar-refractivity contribution in [2.24, 2.45) is 0 Å². The van der Waals surface area contributed by atoms with Gasteiger partial charge in [-0.15, -0.1) is 0 Å². The molecule has 1 aliphatic rings. The number of aromatic nitrogens is 1. The number of nitrogens with zero attached hydrogens (tertiary/aromatic N) is 1. The average Bonchev–Trinajstić information content (AvgIpc) is 2.76.